The Morgan fingerprint density at radius 1 is 1.20 bits per heavy atom. The molecule has 114 valence electrons. The van der Waals surface area contributed by atoms with Gasteiger partial charge < -0.3 is 19.9 Å². The number of nitrogens with one attached hydrogen (secondary N) is 1. The molecule has 0 heterocycles. The Kier molecular flexibility index (Phi) is 8.18. The molecule has 0 aliphatic rings. The van der Waals surface area contributed by atoms with Crippen LogP contribution in [0.4, 0.5) is 4.39 Å². The van der Waals surface area contributed by atoms with Crippen molar-refractivity contribution >= 4 is 0 Å². The number of aliphatic hydroxyl groups excluding tert-OH is 1. The molecule has 0 amide bonds. The standard InChI is InChI=1S/C15H24FNO3/c1-12(2)10-17-11-13-7-14(16)9-15(8-13)20-6-5-19-4-3-18/h7-9,12,17-18H,3-6,10-11H2,1-2H3. The minimum absolute atomic E-state index is 0.00830. The summed E-state index contributed by atoms with van der Waals surface area (Å²) in [4.78, 5) is 0. The molecule has 4 nitrogen and oxygen atoms in total. The predicted octanol–water partition coefficient (Wildman–Crippen LogP) is 1.96. The van der Waals surface area contributed by atoms with Crippen molar-refractivity contribution in [2.75, 3.05) is 33.0 Å². The van der Waals surface area contributed by atoms with Crippen LogP contribution in [0, 0.1) is 11.7 Å². The summed E-state index contributed by atoms with van der Waals surface area (Å²) in [5, 5.41) is 11.8. The van der Waals surface area contributed by atoms with E-state index in [2.05, 4.69) is 19.2 Å². The van der Waals surface area contributed by atoms with Crippen molar-refractivity contribution in [2.45, 2.75) is 20.4 Å². The van der Waals surface area contributed by atoms with Gasteiger partial charge in [0.1, 0.15) is 18.2 Å². The maximum atomic E-state index is 13.5. The Labute approximate surface area is 119 Å². The van der Waals surface area contributed by atoms with Crippen LogP contribution in [0.1, 0.15) is 19.4 Å². The third kappa shape index (κ3) is 7.43. The van der Waals surface area contributed by atoms with Gasteiger partial charge in [-0.1, -0.05) is 13.8 Å². The number of halogens is 1. The maximum Gasteiger partial charge on any atom is 0.127 e. The Morgan fingerprint density at radius 2 is 2.00 bits per heavy atom. The van der Waals surface area contributed by atoms with Crippen molar-refractivity contribution in [3.63, 3.8) is 0 Å². The van der Waals surface area contributed by atoms with Gasteiger partial charge in [0.2, 0.25) is 0 Å². The molecular weight excluding hydrogens is 261 g/mol. The summed E-state index contributed by atoms with van der Waals surface area (Å²) in [5.74, 6) is 0.752. The molecule has 0 fully saturated rings. The van der Waals surface area contributed by atoms with E-state index in [1.807, 2.05) is 6.07 Å². The molecule has 20 heavy (non-hydrogen) atoms. The summed E-state index contributed by atoms with van der Waals surface area (Å²) in [5.41, 5.74) is 0.858. The van der Waals surface area contributed by atoms with Crippen molar-refractivity contribution < 1.29 is 19.0 Å². The molecule has 0 spiro atoms. The highest BCUT2D eigenvalue weighted by Crippen LogP contribution is 2.16. The molecule has 0 aliphatic carbocycles. The number of rotatable bonds is 10. The number of benzene rings is 1. The van der Waals surface area contributed by atoms with Gasteiger partial charge in [-0.3, -0.25) is 0 Å². The number of ether oxygens (including phenoxy) is 2. The van der Waals surface area contributed by atoms with Gasteiger partial charge in [0.25, 0.3) is 0 Å². The Hall–Kier alpha value is -1.17. The van der Waals surface area contributed by atoms with Gasteiger partial charge in [0.05, 0.1) is 19.8 Å². The van der Waals surface area contributed by atoms with E-state index in [0.717, 1.165) is 12.1 Å². The zero-order chi connectivity index (χ0) is 14.8. The average molecular weight is 285 g/mol. The molecular formula is C15H24FNO3. The van der Waals surface area contributed by atoms with E-state index in [9.17, 15) is 4.39 Å². The van der Waals surface area contributed by atoms with Crippen molar-refractivity contribution in [1.82, 2.24) is 5.32 Å². The van der Waals surface area contributed by atoms with Crippen LogP contribution in [0.5, 0.6) is 5.75 Å². The first-order chi connectivity index (χ1) is 9.61. The van der Waals surface area contributed by atoms with Gasteiger partial charge in [0, 0.05) is 12.6 Å². The van der Waals surface area contributed by atoms with Crippen LogP contribution >= 0.6 is 0 Å². The lowest BCUT2D eigenvalue weighted by atomic mass is 10.2. The number of aliphatic hydroxyl groups is 1. The second-order valence-corrected chi connectivity index (χ2v) is 5.00. The first-order valence-electron chi connectivity index (χ1n) is 6.93. The lowest BCUT2D eigenvalue weighted by molar-refractivity contribution is 0.0704. The maximum absolute atomic E-state index is 13.5. The smallest absolute Gasteiger partial charge is 0.127 e. The highest BCUT2D eigenvalue weighted by atomic mass is 19.1. The molecule has 0 bridgehead atoms. The molecule has 0 unspecified atom stereocenters. The highest BCUT2D eigenvalue weighted by Gasteiger charge is 2.03. The average Bonchev–Trinajstić information content (AvgIpc) is 2.37. The minimum atomic E-state index is -0.305. The van der Waals surface area contributed by atoms with Crippen LogP contribution in [-0.2, 0) is 11.3 Å². The van der Waals surface area contributed by atoms with E-state index >= 15 is 0 Å². The van der Waals surface area contributed by atoms with E-state index < -0.39 is 0 Å². The fourth-order valence-electron chi connectivity index (χ4n) is 1.70. The lowest BCUT2D eigenvalue weighted by Crippen LogP contribution is -2.19. The van der Waals surface area contributed by atoms with Gasteiger partial charge >= 0.3 is 0 Å². The van der Waals surface area contributed by atoms with Crippen LogP contribution < -0.4 is 10.1 Å². The zero-order valence-corrected chi connectivity index (χ0v) is 12.2. The molecule has 0 saturated carbocycles. The van der Waals surface area contributed by atoms with Crippen LogP contribution in [-0.4, -0.2) is 38.1 Å². The third-order valence-electron chi connectivity index (χ3n) is 2.54. The fourth-order valence-corrected chi connectivity index (χ4v) is 1.70. The first-order valence-corrected chi connectivity index (χ1v) is 6.93. The summed E-state index contributed by atoms with van der Waals surface area (Å²) in [6, 6.07) is 4.68. The topological polar surface area (TPSA) is 50.7 Å². The van der Waals surface area contributed by atoms with Gasteiger partial charge in [-0.25, -0.2) is 4.39 Å². The van der Waals surface area contributed by atoms with E-state index in [1.165, 1.54) is 12.1 Å². The van der Waals surface area contributed by atoms with E-state index in [1.54, 1.807) is 0 Å². The molecule has 1 aromatic rings. The van der Waals surface area contributed by atoms with Gasteiger partial charge in [0.15, 0.2) is 0 Å². The summed E-state index contributed by atoms with van der Waals surface area (Å²) in [6.45, 7) is 6.75. The first kappa shape index (κ1) is 16.9. The second-order valence-electron chi connectivity index (χ2n) is 5.00. The summed E-state index contributed by atoms with van der Waals surface area (Å²) >= 11 is 0. The van der Waals surface area contributed by atoms with Gasteiger partial charge in [-0.15, -0.1) is 0 Å². The molecule has 2 N–H and O–H groups in total. The second kappa shape index (κ2) is 9.69. The largest absolute Gasteiger partial charge is 0.491 e. The third-order valence-corrected chi connectivity index (χ3v) is 2.54. The summed E-state index contributed by atoms with van der Waals surface area (Å²) in [6.07, 6.45) is 0. The molecule has 0 aliphatic heterocycles. The molecule has 0 atom stereocenters. The van der Waals surface area contributed by atoms with E-state index in [-0.39, 0.29) is 19.0 Å². The van der Waals surface area contributed by atoms with E-state index in [0.29, 0.717) is 31.4 Å². The molecule has 1 rings (SSSR count). The number of hydrogen-bond acceptors (Lipinski definition) is 4. The van der Waals surface area contributed by atoms with Crippen LogP contribution in [0.25, 0.3) is 0 Å². The SMILES string of the molecule is CC(C)CNCc1cc(F)cc(OCCOCCO)c1. The minimum Gasteiger partial charge on any atom is -0.491 e. The zero-order valence-electron chi connectivity index (χ0n) is 12.2. The predicted molar refractivity (Wildman–Crippen MR) is 76.3 cm³/mol. The summed E-state index contributed by atoms with van der Waals surface area (Å²) < 4.78 is 24.0. The van der Waals surface area contributed by atoms with E-state index in [4.69, 9.17) is 14.6 Å². The fraction of sp³-hybridized carbons (Fsp3) is 0.600. The number of hydrogen-bond donors (Lipinski definition) is 2. The molecule has 0 aromatic heterocycles. The van der Waals surface area contributed by atoms with Crippen LogP contribution in [0.3, 0.4) is 0 Å². The van der Waals surface area contributed by atoms with Crippen LogP contribution in [0.15, 0.2) is 18.2 Å². The monoisotopic (exact) mass is 285 g/mol. The van der Waals surface area contributed by atoms with Crippen molar-refractivity contribution in [2.24, 2.45) is 5.92 Å². The molecule has 1 aromatic carbocycles. The van der Waals surface area contributed by atoms with Crippen molar-refractivity contribution in [1.29, 1.82) is 0 Å². The van der Waals surface area contributed by atoms with Gasteiger partial charge in [-0.05, 0) is 30.2 Å². The Bertz CT molecular complexity index is 385. The normalized spacial score (nSPS) is 11.1. The Balaban J connectivity index is 2.40. The van der Waals surface area contributed by atoms with Crippen LogP contribution in [0.2, 0.25) is 0 Å². The summed E-state index contributed by atoms with van der Waals surface area (Å²) in [7, 11) is 0. The lowest BCUT2D eigenvalue weighted by Gasteiger charge is -2.10. The molecule has 5 heteroatoms. The highest BCUT2D eigenvalue weighted by molar-refractivity contribution is 5.29. The Morgan fingerprint density at radius 3 is 2.70 bits per heavy atom. The molecule has 0 radical (unpaired) electrons. The van der Waals surface area contributed by atoms with Crippen molar-refractivity contribution in [3.8, 4) is 5.75 Å². The molecule has 0 saturated heterocycles. The van der Waals surface area contributed by atoms with Crippen molar-refractivity contribution in [3.05, 3.63) is 29.6 Å². The quantitative estimate of drug-likeness (QED) is 0.645. The van der Waals surface area contributed by atoms with Gasteiger partial charge in [-0.2, -0.15) is 0 Å².